The van der Waals surface area contributed by atoms with Crippen molar-refractivity contribution in [3.63, 3.8) is 0 Å². The van der Waals surface area contributed by atoms with E-state index in [4.69, 9.17) is 11.6 Å². The summed E-state index contributed by atoms with van der Waals surface area (Å²) in [6, 6.07) is 0. The Bertz CT molecular complexity index is 488. The largest absolute Gasteiger partial charge is 0.215 e. The van der Waals surface area contributed by atoms with Crippen LogP contribution in [0.2, 0.25) is 5.15 Å². The Morgan fingerprint density at radius 3 is 2.53 bits per heavy atom. The van der Waals surface area contributed by atoms with Gasteiger partial charge in [0.15, 0.2) is 5.15 Å². The highest BCUT2D eigenvalue weighted by Crippen LogP contribution is 2.22. The fourth-order valence-electron chi connectivity index (χ4n) is 1.69. The highest BCUT2D eigenvalue weighted by Gasteiger charge is 2.15. The lowest BCUT2D eigenvalue weighted by molar-refractivity contribution is 0.815. The fourth-order valence-corrected chi connectivity index (χ4v) is 2.39. The molecule has 0 spiro atoms. The molecule has 0 unspecified atom stereocenters. The monoisotopic (exact) mass is 242 g/mol. The second kappa shape index (κ2) is 3.90. The third-order valence-corrected chi connectivity index (χ3v) is 3.30. The molecule has 0 aliphatic carbocycles. The highest BCUT2D eigenvalue weighted by atomic mass is 35.5. The minimum Gasteiger partial charge on any atom is -0.215 e. The molecule has 0 atom stereocenters. The highest BCUT2D eigenvalue weighted by molar-refractivity contribution is 6.99. The number of halogens is 1. The Kier molecular flexibility index (Phi) is 2.75. The van der Waals surface area contributed by atoms with E-state index in [0.717, 1.165) is 29.5 Å². The van der Waals surface area contributed by atoms with E-state index in [2.05, 4.69) is 20.8 Å². The number of hydrogen-bond donors (Lipinski definition) is 0. The summed E-state index contributed by atoms with van der Waals surface area (Å²) in [6.45, 7) is 6.13. The Labute approximate surface area is 97.2 Å². The van der Waals surface area contributed by atoms with E-state index in [-0.39, 0.29) is 0 Å². The van der Waals surface area contributed by atoms with Crippen molar-refractivity contribution in [1.82, 2.24) is 18.5 Å². The van der Waals surface area contributed by atoms with E-state index >= 15 is 0 Å². The van der Waals surface area contributed by atoms with Gasteiger partial charge in [-0.1, -0.05) is 18.5 Å². The standard InChI is InChI=1S/C9H11ClN4S/c1-4-7-5(2)11-14(6(7)3)9-8(10)12-15-13-9/h4H2,1-3H3. The number of hydrogen-bond acceptors (Lipinski definition) is 4. The van der Waals surface area contributed by atoms with Crippen LogP contribution in [0.15, 0.2) is 0 Å². The van der Waals surface area contributed by atoms with Gasteiger partial charge in [-0.25, -0.2) is 4.68 Å². The van der Waals surface area contributed by atoms with Crippen molar-refractivity contribution in [3.05, 3.63) is 22.1 Å². The Balaban J connectivity index is 2.60. The van der Waals surface area contributed by atoms with Crippen LogP contribution >= 0.6 is 23.3 Å². The van der Waals surface area contributed by atoms with Gasteiger partial charge in [0.05, 0.1) is 17.4 Å². The minimum atomic E-state index is 0.410. The zero-order valence-electron chi connectivity index (χ0n) is 8.78. The van der Waals surface area contributed by atoms with Gasteiger partial charge in [0.25, 0.3) is 0 Å². The van der Waals surface area contributed by atoms with Gasteiger partial charge in [-0.2, -0.15) is 13.8 Å². The summed E-state index contributed by atoms with van der Waals surface area (Å²) in [6.07, 6.45) is 0.965. The van der Waals surface area contributed by atoms with E-state index in [9.17, 15) is 0 Å². The van der Waals surface area contributed by atoms with Crippen LogP contribution in [-0.4, -0.2) is 18.5 Å². The van der Waals surface area contributed by atoms with E-state index in [0.29, 0.717) is 11.0 Å². The van der Waals surface area contributed by atoms with Crippen molar-refractivity contribution in [3.8, 4) is 5.82 Å². The second-order valence-electron chi connectivity index (χ2n) is 3.29. The van der Waals surface area contributed by atoms with Crippen LogP contribution in [0, 0.1) is 13.8 Å². The average Bonchev–Trinajstić information content (AvgIpc) is 2.71. The summed E-state index contributed by atoms with van der Waals surface area (Å²) in [7, 11) is 0. The van der Waals surface area contributed by atoms with E-state index in [1.165, 1.54) is 5.56 Å². The Morgan fingerprint density at radius 2 is 2.07 bits per heavy atom. The Morgan fingerprint density at radius 1 is 1.33 bits per heavy atom. The molecule has 0 fully saturated rings. The van der Waals surface area contributed by atoms with E-state index in [1.54, 1.807) is 4.68 Å². The molecule has 4 nitrogen and oxygen atoms in total. The molecule has 0 aromatic carbocycles. The van der Waals surface area contributed by atoms with Crippen LogP contribution in [-0.2, 0) is 6.42 Å². The van der Waals surface area contributed by atoms with Crippen molar-refractivity contribution in [2.24, 2.45) is 0 Å². The molecule has 15 heavy (non-hydrogen) atoms. The number of rotatable bonds is 2. The summed E-state index contributed by atoms with van der Waals surface area (Å²) >= 11 is 7.03. The summed E-state index contributed by atoms with van der Waals surface area (Å²) in [5, 5.41) is 4.83. The van der Waals surface area contributed by atoms with Gasteiger partial charge in [-0.15, -0.1) is 0 Å². The van der Waals surface area contributed by atoms with Gasteiger partial charge < -0.3 is 0 Å². The van der Waals surface area contributed by atoms with Gasteiger partial charge in [0.2, 0.25) is 5.82 Å². The normalized spacial score (nSPS) is 10.9. The Hall–Kier alpha value is -0.940. The van der Waals surface area contributed by atoms with Crippen LogP contribution < -0.4 is 0 Å². The molecule has 2 aromatic heterocycles. The van der Waals surface area contributed by atoms with Crippen LogP contribution in [0.25, 0.3) is 5.82 Å². The minimum absolute atomic E-state index is 0.410. The second-order valence-corrected chi connectivity index (χ2v) is 4.18. The molecule has 0 N–H and O–H groups in total. The van der Waals surface area contributed by atoms with Gasteiger partial charge in [0, 0.05) is 5.69 Å². The lowest BCUT2D eigenvalue weighted by Gasteiger charge is -1.99. The molecule has 6 heteroatoms. The average molecular weight is 243 g/mol. The predicted molar refractivity (Wildman–Crippen MR) is 60.9 cm³/mol. The SMILES string of the molecule is CCc1c(C)nn(-c2nsnc2Cl)c1C. The lowest BCUT2D eigenvalue weighted by atomic mass is 10.1. The summed E-state index contributed by atoms with van der Waals surface area (Å²) in [5.41, 5.74) is 3.36. The van der Waals surface area contributed by atoms with Crippen molar-refractivity contribution >= 4 is 23.3 Å². The molecule has 80 valence electrons. The molecule has 0 amide bonds. The molecule has 2 rings (SSSR count). The molecule has 0 aliphatic rings. The zero-order chi connectivity index (χ0) is 11.0. The predicted octanol–water partition coefficient (Wildman–Crippen LogP) is 2.56. The van der Waals surface area contributed by atoms with Gasteiger partial charge in [0.1, 0.15) is 0 Å². The molecular formula is C9H11ClN4S. The first kappa shape index (κ1) is 10.6. The molecule has 2 aromatic rings. The van der Waals surface area contributed by atoms with Gasteiger partial charge in [-0.3, -0.25) is 0 Å². The van der Waals surface area contributed by atoms with E-state index in [1.807, 2.05) is 13.8 Å². The molecular weight excluding hydrogens is 232 g/mol. The maximum absolute atomic E-state index is 5.93. The maximum Gasteiger partial charge on any atom is 0.206 e. The molecule has 0 saturated heterocycles. The van der Waals surface area contributed by atoms with Gasteiger partial charge in [-0.05, 0) is 25.8 Å². The van der Waals surface area contributed by atoms with Crippen molar-refractivity contribution in [2.75, 3.05) is 0 Å². The number of aromatic nitrogens is 4. The molecule has 0 saturated carbocycles. The topological polar surface area (TPSA) is 43.6 Å². The van der Waals surface area contributed by atoms with Gasteiger partial charge >= 0.3 is 0 Å². The van der Waals surface area contributed by atoms with Crippen molar-refractivity contribution < 1.29 is 0 Å². The first-order valence-electron chi connectivity index (χ1n) is 4.68. The lowest BCUT2D eigenvalue weighted by Crippen LogP contribution is -2.00. The smallest absolute Gasteiger partial charge is 0.206 e. The quantitative estimate of drug-likeness (QED) is 0.813. The van der Waals surface area contributed by atoms with Crippen molar-refractivity contribution in [2.45, 2.75) is 27.2 Å². The molecule has 0 aliphatic heterocycles. The molecule has 0 radical (unpaired) electrons. The third kappa shape index (κ3) is 1.66. The van der Waals surface area contributed by atoms with Crippen LogP contribution in [0.1, 0.15) is 23.9 Å². The molecule has 0 bridgehead atoms. The fraction of sp³-hybridized carbons (Fsp3) is 0.444. The summed E-state index contributed by atoms with van der Waals surface area (Å²) in [5.74, 6) is 0.627. The first-order valence-corrected chi connectivity index (χ1v) is 5.79. The van der Waals surface area contributed by atoms with Crippen LogP contribution in [0.4, 0.5) is 0 Å². The van der Waals surface area contributed by atoms with Crippen LogP contribution in [0.5, 0.6) is 0 Å². The number of nitrogens with zero attached hydrogens (tertiary/aromatic N) is 4. The maximum atomic E-state index is 5.93. The molecule has 2 heterocycles. The van der Waals surface area contributed by atoms with Crippen LogP contribution in [0.3, 0.4) is 0 Å². The summed E-state index contributed by atoms with van der Waals surface area (Å²) in [4.78, 5) is 0. The van der Waals surface area contributed by atoms with Crippen molar-refractivity contribution in [1.29, 1.82) is 0 Å². The number of aryl methyl sites for hydroxylation is 1. The third-order valence-electron chi connectivity index (χ3n) is 2.43. The first-order chi connectivity index (χ1) is 7.15. The zero-order valence-corrected chi connectivity index (χ0v) is 10.4. The van der Waals surface area contributed by atoms with E-state index < -0.39 is 0 Å². The summed E-state index contributed by atoms with van der Waals surface area (Å²) < 4.78 is 9.83.